The molecule has 0 bridgehead atoms. The molecule has 0 aromatic heterocycles. The lowest BCUT2D eigenvalue weighted by molar-refractivity contribution is -0.145. The molecule has 2 aromatic rings. The largest absolute Gasteiger partial charge is 0.481 e. The van der Waals surface area contributed by atoms with Crippen LogP contribution in [-0.2, 0) is 9.53 Å². The van der Waals surface area contributed by atoms with Crippen molar-refractivity contribution in [3.05, 3.63) is 59.7 Å². The zero-order valence-electron chi connectivity index (χ0n) is 14.7. The molecular formula is C21H21NO5. The Bertz CT molecular complexity index is 835. The number of likely N-dealkylation sites (tertiary alicyclic amines) is 1. The molecular weight excluding hydrogens is 346 g/mol. The number of aliphatic hydroxyl groups excluding tert-OH is 1. The van der Waals surface area contributed by atoms with Gasteiger partial charge in [0.15, 0.2) is 0 Å². The number of carbonyl (C=O) groups is 2. The van der Waals surface area contributed by atoms with Crippen molar-refractivity contribution < 1.29 is 24.5 Å². The van der Waals surface area contributed by atoms with Crippen LogP contribution in [0.25, 0.3) is 11.1 Å². The van der Waals surface area contributed by atoms with Gasteiger partial charge in [0, 0.05) is 19.0 Å². The van der Waals surface area contributed by atoms with E-state index in [1.165, 1.54) is 4.90 Å². The van der Waals surface area contributed by atoms with Crippen LogP contribution in [0.3, 0.4) is 0 Å². The van der Waals surface area contributed by atoms with Crippen LogP contribution >= 0.6 is 0 Å². The highest BCUT2D eigenvalue weighted by Gasteiger charge is 2.35. The number of benzene rings is 2. The Balaban J connectivity index is 1.49. The molecule has 2 aliphatic rings. The first-order chi connectivity index (χ1) is 13.0. The zero-order chi connectivity index (χ0) is 19.0. The van der Waals surface area contributed by atoms with E-state index in [-0.39, 0.29) is 32.0 Å². The quantitative estimate of drug-likeness (QED) is 0.871. The maximum Gasteiger partial charge on any atom is 0.409 e. The summed E-state index contributed by atoms with van der Waals surface area (Å²) < 4.78 is 5.54. The summed E-state index contributed by atoms with van der Waals surface area (Å²) in [4.78, 5) is 25.0. The van der Waals surface area contributed by atoms with Gasteiger partial charge in [0.05, 0.1) is 12.0 Å². The molecule has 0 spiro atoms. The van der Waals surface area contributed by atoms with E-state index >= 15 is 0 Å². The third-order valence-electron chi connectivity index (χ3n) is 5.37. The smallest absolute Gasteiger partial charge is 0.409 e. The van der Waals surface area contributed by atoms with Crippen molar-refractivity contribution in [3.63, 3.8) is 0 Å². The molecule has 1 fully saturated rings. The third-order valence-corrected chi connectivity index (χ3v) is 5.37. The number of fused-ring (bicyclic) bond motifs is 3. The first-order valence-corrected chi connectivity index (χ1v) is 9.05. The van der Waals surface area contributed by atoms with E-state index in [1.54, 1.807) is 0 Å². The topological polar surface area (TPSA) is 87.1 Å². The van der Waals surface area contributed by atoms with E-state index in [9.17, 15) is 19.8 Å². The van der Waals surface area contributed by atoms with Crippen LogP contribution in [0, 0.1) is 5.92 Å². The fourth-order valence-electron chi connectivity index (χ4n) is 4.09. The lowest BCUT2D eigenvalue weighted by Crippen LogP contribution is -2.48. The Kier molecular flexibility index (Phi) is 4.58. The van der Waals surface area contributed by atoms with Crippen LogP contribution in [0.4, 0.5) is 4.79 Å². The van der Waals surface area contributed by atoms with Crippen molar-refractivity contribution in [3.8, 4) is 11.1 Å². The monoisotopic (exact) mass is 367 g/mol. The van der Waals surface area contributed by atoms with Gasteiger partial charge in [-0.3, -0.25) is 4.79 Å². The Morgan fingerprint density at radius 3 is 2.19 bits per heavy atom. The minimum absolute atomic E-state index is 0.0497. The standard InChI is InChI=1S/C21H21NO5/c23-14-9-13(20(24)25)10-22(11-14)21(26)27-12-19-17-7-3-1-5-15(17)16-6-2-4-8-18(16)19/h1-8,13-14,19,23H,9-12H2,(H,24,25). The number of hydrogen-bond donors (Lipinski definition) is 2. The molecule has 2 atom stereocenters. The van der Waals surface area contributed by atoms with Gasteiger partial charge in [0.25, 0.3) is 0 Å². The summed E-state index contributed by atoms with van der Waals surface area (Å²) in [5, 5.41) is 19.1. The first-order valence-electron chi connectivity index (χ1n) is 9.05. The summed E-state index contributed by atoms with van der Waals surface area (Å²) in [6, 6.07) is 16.1. The molecule has 0 radical (unpaired) electrons. The van der Waals surface area contributed by atoms with E-state index < -0.39 is 24.1 Å². The van der Waals surface area contributed by atoms with Crippen LogP contribution in [0.1, 0.15) is 23.5 Å². The van der Waals surface area contributed by atoms with Crippen molar-refractivity contribution in [2.24, 2.45) is 5.92 Å². The number of aliphatic hydroxyl groups is 1. The minimum Gasteiger partial charge on any atom is -0.481 e. The summed E-state index contributed by atoms with van der Waals surface area (Å²) >= 11 is 0. The Morgan fingerprint density at radius 1 is 1.00 bits per heavy atom. The molecule has 6 heteroatoms. The summed E-state index contributed by atoms with van der Waals surface area (Å²) in [5.41, 5.74) is 4.53. The van der Waals surface area contributed by atoms with Crippen molar-refractivity contribution in [1.82, 2.24) is 4.90 Å². The summed E-state index contributed by atoms with van der Waals surface area (Å²) in [7, 11) is 0. The van der Waals surface area contributed by atoms with Crippen LogP contribution in [0.5, 0.6) is 0 Å². The van der Waals surface area contributed by atoms with Gasteiger partial charge in [-0.2, -0.15) is 0 Å². The van der Waals surface area contributed by atoms with Crippen LogP contribution < -0.4 is 0 Å². The van der Waals surface area contributed by atoms with Gasteiger partial charge in [-0.15, -0.1) is 0 Å². The summed E-state index contributed by atoms with van der Waals surface area (Å²) in [5.74, 6) is -1.83. The Hall–Kier alpha value is -2.86. The van der Waals surface area contributed by atoms with Gasteiger partial charge in [-0.05, 0) is 28.7 Å². The van der Waals surface area contributed by atoms with E-state index in [4.69, 9.17) is 4.74 Å². The number of carbonyl (C=O) groups excluding carboxylic acids is 1. The molecule has 1 aliphatic heterocycles. The molecule has 2 unspecified atom stereocenters. The van der Waals surface area contributed by atoms with E-state index in [1.807, 2.05) is 36.4 Å². The molecule has 1 amide bonds. The number of aliphatic carboxylic acids is 1. The lowest BCUT2D eigenvalue weighted by atomic mass is 9.96. The maximum absolute atomic E-state index is 12.5. The highest BCUT2D eigenvalue weighted by atomic mass is 16.6. The molecule has 2 N–H and O–H groups in total. The number of piperidine rings is 1. The summed E-state index contributed by atoms with van der Waals surface area (Å²) in [6.07, 6.45) is -1.27. The molecule has 2 aromatic carbocycles. The SMILES string of the molecule is O=C(O)C1CC(O)CN(C(=O)OCC2c3ccccc3-c3ccccc32)C1. The Morgan fingerprint density at radius 2 is 1.59 bits per heavy atom. The molecule has 4 rings (SSSR count). The molecule has 1 heterocycles. The lowest BCUT2D eigenvalue weighted by Gasteiger charge is -2.33. The van der Waals surface area contributed by atoms with Crippen LogP contribution in [-0.4, -0.2) is 53.0 Å². The third kappa shape index (κ3) is 3.28. The van der Waals surface area contributed by atoms with Crippen LogP contribution in [0.2, 0.25) is 0 Å². The van der Waals surface area contributed by atoms with Gasteiger partial charge in [-0.1, -0.05) is 48.5 Å². The molecule has 6 nitrogen and oxygen atoms in total. The normalized spacial score (nSPS) is 21.4. The number of amides is 1. The summed E-state index contributed by atoms with van der Waals surface area (Å²) in [6.45, 7) is 0.334. The average molecular weight is 367 g/mol. The predicted octanol–water partition coefficient (Wildman–Crippen LogP) is 2.70. The predicted molar refractivity (Wildman–Crippen MR) is 98.4 cm³/mol. The fourth-order valence-corrected chi connectivity index (χ4v) is 4.09. The Labute approximate surface area is 157 Å². The van der Waals surface area contributed by atoms with Crippen molar-refractivity contribution in [2.75, 3.05) is 19.7 Å². The van der Waals surface area contributed by atoms with E-state index in [0.717, 1.165) is 22.3 Å². The molecule has 1 aliphatic carbocycles. The number of β-amino-alcohol motifs (C(OH)–C–C–N with tert-alkyl or cyclic N) is 1. The minimum atomic E-state index is -1.01. The van der Waals surface area contributed by atoms with Gasteiger partial charge in [-0.25, -0.2) is 4.79 Å². The van der Waals surface area contributed by atoms with Crippen LogP contribution in [0.15, 0.2) is 48.5 Å². The molecule has 140 valence electrons. The van der Waals surface area contributed by atoms with E-state index in [2.05, 4.69) is 12.1 Å². The highest BCUT2D eigenvalue weighted by Crippen LogP contribution is 2.44. The van der Waals surface area contributed by atoms with Gasteiger partial charge in [0.1, 0.15) is 6.61 Å². The number of hydrogen-bond acceptors (Lipinski definition) is 4. The number of carboxylic acids is 1. The van der Waals surface area contributed by atoms with Crippen molar-refractivity contribution in [1.29, 1.82) is 0 Å². The number of rotatable bonds is 3. The molecule has 1 saturated heterocycles. The van der Waals surface area contributed by atoms with Gasteiger partial charge < -0.3 is 19.8 Å². The molecule has 27 heavy (non-hydrogen) atoms. The van der Waals surface area contributed by atoms with Crippen molar-refractivity contribution >= 4 is 12.1 Å². The zero-order valence-corrected chi connectivity index (χ0v) is 14.7. The first kappa shape index (κ1) is 17.5. The number of ether oxygens (including phenoxy) is 1. The number of nitrogens with zero attached hydrogens (tertiary/aromatic N) is 1. The van der Waals surface area contributed by atoms with Gasteiger partial charge in [0.2, 0.25) is 0 Å². The second-order valence-electron chi connectivity index (χ2n) is 7.13. The maximum atomic E-state index is 12.5. The van der Waals surface area contributed by atoms with Crippen molar-refractivity contribution in [2.45, 2.75) is 18.4 Å². The van der Waals surface area contributed by atoms with Gasteiger partial charge >= 0.3 is 12.1 Å². The highest BCUT2D eigenvalue weighted by molar-refractivity contribution is 5.79. The average Bonchev–Trinajstić information content (AvgIpc) is 2.99. The fraction of sp³-hybridized carbons (Fsp3) is 0.333. The molecule has 0 saturated carbocycles. The number of carboxylic acid groups (broad SMARTS) is 1. The van der Waals surface area contributed by atoms with E-state index in [0.29, 0.717) is 0 Å². The second kappa shape index (κ2) is 7.04. The second-order valence-corrected chi connectivity index (χ2v) is 7.13.